The predicted octanol–water partition coefficient (Wildman–Crippen LogP) is 6.39. The van der Waals surface area contributed by atoms with E-state index in [1.807, 2.05) is 6.08 Å². The van der Waals surface area contributed by atoms with Crippen LogP contribution in [0.3, 0.4) is 0 Å². The Morgan fingerprint density at radius 2 is 2.05 bits per heavy atom. The quantitative estimate of drug-likeness (QED) is 0.353. The number of unbranched alkanes of at least 4 members (excludes halogenated alkanes) is 3. The zero-order valence-electron chi connectivity index (χ0n) is 12.3. The van der Waals surface area contributed by atoms with Crippen molar-refractivity contribution in [3.63, 3.8) is 0 Å². The molecule has 0 amide bonds. The monoisotopic (exact) mass is 401 g/mol. The summed E-state index contributed by atoms with van der Waals surface area (Å²) in [7, 11) is 0. The first-order chi connectivity index (χ1) is 9.69. The third kappa shape index (κ3) is 6.55. The molecule has 1 nitrogen and oxygen atoms in total. The minimum Gasteiger partial charge on any atom is -0.310 e. The van der Waals surface area contributed by atoms with Gasteiger partial charge in [-0.25, -0.2) is 0 Å². The topological polar surface area (TPSA) is 12.0 Å². The van der Waals surface area contributed by atoms with Crippen molar-refractivity contribution in [3.05, 3.63) is 45.4 Å². The molecule has 0 spiro atoms. The Kier molecular flexibility index (Phi) is 9.49. The molecule has 0 bridgehead atoms. The molecule has 0 aromatic heterocycles. The highest BCUT2D eigenvalue weighted by molar-refractivity contribution is 9.11. The lowest BCUT2D eigenvalue weighted by Crippen LogP contribution is -2.22. The number of allylic oxidation sites excluding steroid dienone is 1. The summed E-state index contributed by atoms with van der Waals surface area (Å²) in [5, 5.41) is 3.67. The van der Waals surface area contributed by atoms with E-state index in [2.05, 4.69) is 68.9 Å². The van der Waals surface area contributed by atoms with Gasteiger partial charge in [0.15, 0.2) is 0 Å². The van der Waals surface area contributed by atoms with Crippen molar-refractivity contribution in [2.75, 3.05) is 6.54 Å². The molecule has 0 saturated heterocycles. The summed E-state index contributed by atoms with van der Waals surface area (Å²) in [5.74, 6) is 0. The third-order valence-electron chi connectivity index (χ3n) is 3.38. The van der Waals surface area contributed by atoms with Crippen LogP contribution in [-0.2, 0) is 0 Å². The first kappa shape index (κ1) is 17.9. The maximum absolute atomic E-state index is 3.78. The van der Waals surface area contributed by atoms with Gasteiger partial charge in [0.05, 0.1) is 0 Å². The highest BCUT2D eigenvalue weighted by Crippen LogP contribution is 2.30. The van der Waals surface area contributed by atoms with Gasteiger partial charge in [0.2, 0.25) is 0 Å². The van der Waals surface area contributed by atoms with E-state index in [1.54, 1.807) is 0 Å². The molecule has 20 heavy (non-hydrogen) atoms. The van der Waals surface area contributed by atoms with Gasteiger partial charge in [0.1, 0.15) is 0 Å². The number of hydrogen-bond acceptors (Lipinski definition) is 1. The highest BCUT2D eigenvalue weighted by Gasteiger charge is 2.13. The van der Waals surface area contributed by atoms with E-state index in [0.717, 1.165) is 17.4 Å². The Morgan fingerprint density at radius 1 is 1.25 bits per heavy atom. The smallest absolute Gasteiger partial charge is 0.0331 e. The van der Waals surface area contributed by atoms with E-state index in [4.69, 9.17) is 0 Å². The lowest BCUT2D eigenvalue weighted by Gasteiger charge is -2.20. The van der Waals surface area contributed by atoms with Crippen molar-refractivity contribution < 1.29 is 0 Å². The lowest BCUT2D eigenvalue weighted by atomic mass is 10.00. The van der Waals surface area contributed by atoms with E-state index < -0.39 is 0 Å². The minimum absolute atomic E-state index is 0.446. The number of halogens is 2. The van der Waals surface area contributed by atoms with Crippen LogP contribution in [0.25, 0.3) is 0 Å². The summed E-state index contributed by atoms with van der Waals surface area (Å²) in [6, 6.07) is 6.92. The van der Waals surface area contributed by atoms with Gasteiger partial charge in [-0.15, -0.1) is 6.58 Å². The molecule has 0 aliphatic carbocycles. The first-order valence-corrected chi connectivity index (χ1v) is 9.06. The van der Waals surface area contributed by atoms with Crippen LogP contribution < -0.4 is 5.32 Å². The molecule has 1 aromatic carbocycles. The Morgan fingerprint density at radius 3 is 2.70 bits per heavy atom. The fourth-order valence-corrected chi connectivity index (χ4v) is 3.61. The molecule has 1 rings (SSSR count). The fraction of sp³-hybridized carbons (Fsp3) is 0.529. The fourth-order valence-electron chi connectivity index (χ4n) is 2.28. The van der Waals surface area contributed by atoms with Gasteiger partial charge >= 0.3 is 0 Å². The number of hydrogen-bond donors (Lipinski definition) is 1. The number of benzene rings is 1. The molecular formula is C17H25Br2N. The first-order valence-electron chi connectivity index (χ1n) is 7.48. The summed E-state index contributed by atoms with van der Waals surface area (Å²) < 4.78 is 2.31. The second-order valence-electron chi connectivity index (χ2n) is 5.10. The lowest BCUT2D eigenvalue weighted by molar-refractivity contribution is 0.471. The molecule has 0 saturated carbocycles. The maximum Gasteiger partial charge on any atom is 0.0331 e. The Bertz CT molecular complexity index is 404. The molecular weight excluding hydrogens is 378 g/mol. The Balaban J connectivity index is 2.60. The number of rotatable bonds is 10. The van der Waals surface area contributed by atoms with Gasteiger partial charge in [-0.2, -0.15) is 0 Å². The average molecular weight is 403 g/mol. The molecule has 1 N–H and O–H groups in total. The number of nitrogens with one attached hydrogen (secondary N) is 1. The van der Waals surface area contributed by atoms with Crippen molar-refractivity contribution in [2.45, 2.75) is 51.5 Å². The molecule has 3 heteroatoms. The van der Waals surface area contributed by atoms with Gasteiger partial charge in [-0.3, -0.25) is 0 Å². The van der Waals surface area contributed by atoms with Crippen molar-refractivity contribution in [1.82, 2.24) is 5.32 Å². The van der Waals surface area contributed by atoms with Crippen molar-refractivity contribution >= 4 is 31.9 Å². The molecule has 1 atom stereocenters. The largest absolute Gasteiger partial charge is 0.310 e. The van der Waals surface area contributed by atoms with Crippen LogP contribution >= 0.6 is 31.9 Å². The molecule has 0 fully saturated rings. The van der Waals surface area contributed by atoms with Crippen LogP contribution in [-0.4, -0.2) is 6.54 Å². The average Bonchev–Trinajstić information content (AvgIpc) is 2.43. The highest BCUT2D eigenvalue weighted by atomic mass is 79.9. The van der Waals surface area contributed by atoms with Crippen molar-refractivity contribution in [2.24, 2.45) is 0 Å². The summed E-state index contributed by atoms with van der Waals surface area (Å²) in [4.78, 5) is 0. The molecule has 0 radical (unpaired) electrons. The van der Waals surface area contributed by atoms with Crippen LogP contribution in [0.5, 0.6) is 0 Å². The van der Waals surface area contributed by atoms with E-state index in [1.165, 1.54) is 42.1 Å². The zero-order chi connectivity index (χ0) is 14.8. The molecule has 0 aliphatic rings. The van der Waals surface area contributed by atoms with E-state index >= 15 is 0 Å². The summed E-state index contributed by atoms with van der Waals surface area (Å²) in [6.07, 6.45) is 9.30. The predicted molar refractivity (Wildman–Crippen MR) is 96.2 cm³/mol. The van der Waals surface area contributed by atoms with E-state index in [0.29, 0.717) is 6.04 Å². The van der Waals surface area contributed by atoms with Crippen LogP contribution in [0, 0.1) is 0 Å². The Hall–Kier alpha value is -0.120. The van der Waals surface area contributed by atoms with Crippen LogP contribution in [0.4, 0.5) is 0 Å². The van der Waals surface area contributed by atoms with E-state index in [9.17, 15) is 0 Å². The van der Waals surface area contributed by atoms with Gasteiger partial charge in [-0.1, -0.05) is 63.8 Å². The second-order valence-corrected chi connectivity index (χ2v) is 6.87. The van der Waals surface area contributed by atoms with Crippen molar-refractivity contribution in [1.29, 1.82) is 0 Å². The van der Waals surface area contributed by atoms with Gasteiger partial charge in [0, 0.05) is 15.0 Å². The second kappa shape index (κ2) is 10.6. The molecule has 1 aromatic rings. The Labute approximate surface area is 140 Å². The van der Waals surface area contributed by atoms with Crippen LogP contribution in [0.1, 0.15) is 57.1 Å². The normalized spacial score (nSPS) is 12.3. The molecule has 0 heterocycles. The SMILES string of the molecule is C=CCCCCCC(NCCC)c1ccc(Br)cc1Br. The van der Waals surface area contributed by atoms with Gasteiger partial charge in [0.25, 0.3) is 0 Å². The maximum atomic E-state index is 3.78. The minimum atomic E-state index is 0.446. The summed E-state index contributed by atoms with van der Waals surface area (Å²) >= 11 is 7.21. The molecule has 112 valence electrons. The summed E-state index contributed by atoms with van der Waals surface area (Å²) in [5.41, 5.74) is 1.37. The van der Waals surface area contributed by atoms with Gasteiger partial charge in [-0.05, 0) is 49.9 Å². The zero-order valence-corrected chi connectivity index (χ0v) is 15.5. The molecule has 1 unspecified atom stereocenters. The van der Waals surface area contributed by atoms with Gasteiger partial charge < -0.3 is 5.32 Å². The van der Waals surface area contributed by atoms with Crippen LogP contribution in [0.2, 0.25) is 0 Å². The van der Waals surface area contributed by atoms with E-state index in [-0.39, 0.29) is 0 Å². The van der Waals surface area contributed by atoms with Crippen LogP contribution in [0.15, 0.2) is 39.8 Å². The standard InChI is InChI=1S/C17H25Br2N/c1-3-5-6-7-8-9-17(20-12-4-2)15-11-10-14(18)13-16(15)19/h3,10-11,13,17,20H,1,4-9,12H2,2H3. The van der Waals surface area contributed by atoms with Crippen molar-refractivity contribution in [3.8, 4) is 0 Å². The molecule has 0 aliphatic heterocycles. The summed E-state index contributed by atoms with van der Waals surface area (Å²) in [6.45, 7) is 7.06. The third-order valence-corrected chi connectivity index (χ3v) is 4.56.